The van der Waals surface area contributed by atoms with Crippen molar-refractivity contribution < 1.29 is 17.7 Å². The van der Waals surface area contributed by atoms with Gasteiger partial charge in [0, 0.05) is 13.5 Å². The predicted octanol–water partition coefficient (Wildman–Crippen LogP) is 1.52. The Morgan fingerprint density at radius 2 is 2.18 bits per heavy atom. The van der Waals surface area contributed by atoms with Crippen LogP contribution in [0.25, 0.3) is 0 Å². The third kappa shape index (κ3) is 3.18. The summed E-state index contributed by atoms with van der Waals surface area (Å²) in [4.78, 5) is 4.18. The van der Waals surface area contributed by atoms with Crippen molar-refractivity contribution in [2.75, 3.05) is 25.5 Å². The van der Waals surface area contributed by atoms with Crippen molar-refractivity contribution in [1.82, 2.24) is 14.4 Å². The summed E-state index contributed by atoms with van der Waals surface area (Å²) in [5.74, 6) is 1.76. The van der Waals surface area contributed by atoms with Crippen molar-refractivity contribution in [3.63, 3.8) is 0 Å². The van der Waals surface area contributed by atoms with Gasteiger partial charge in [0.25, 0.3) is 0 Å². The molecule has 0 spiro atoms. The van der Waals surface area contributed by atoms with Crippen LogP contribution in [0.4, 0.5) is 0 Å². The second-order valence-electron chi connectivity index (χ2n) is 6.32. The number of hydrogen-bond donors (Lipinski definition) is 0. The van der Waals surface area contributed by atoms with Crippen LogP contribution in [0.5, 0.6) is 0 Å². The van der Waals surface area contributed by atoms with Crippen molar-refractivity contribution in [3.05, 3.63) is 11.7 Å². The molecule has 1 unspecified atom stereocenters. The maximum atomic E-state index is 12.9. The second kappa shape index (κ2) is 6.25. The normalized spacial score (nSPS) is 30.7. The summed E-state index contributed by atoms with van der Waals surface area (Å²) < 4.78 is 37.7. The first-order valence-corrected chi connectivity index (χ1v) is 9.46. The van der Waals surface area contributed by atoms with Crippen LogP contribution in [0, 0.1) is 18.8 Å². The highest BCUT2D eigenvalue weighted by atomic mass is 32.2. The van der Waals surface area contributed by atoms with E-state index in [1.165, 1.54) is 4.31 Å². The van der Waals surface area contributed by atoms with E-state index in [1.807, 2.05) is 0 Å². The van der Waals surface area contributed by atoms with Gasteiger partial charge in [0.1, 0.15) is 6.04 Å². The zero-order chi connectivity index (χ0) is 15.7. The molecule has 2 aliphatic rings. The average molecular weight is 329 g/mol. The van der Waals surface area contributed by atoms with E-state index in [9.17, 15) is 8.42 Å². The molecule has 2 fully saturated rings. The van der Waals surface area contributed by atoms with Gasteiger partial charge < -0.3 is 9.26 Å². The summed E-state index contributed by atoms with van der Waals surface area (Å²) in [6.07, 6.45) is 3.24. The molecule has 0 N–H and O–H groups in total. The lowest BCUT2D eigenvalue weighted by Gasteiger charge is -2.33. The molecule has 3 atom stereocenters. The van der Waals surface area contributed by atoms with Crippen LogP contribution in [0.1, 0.15) is 43.9 Å². The van der Waals surface area contributed by atoms with E-state index >= 15 is 0 Å². The van der Waals surface area contributed by atoms with Gasteiger partial charge in [-0.1, -0.05) is 24.9 Å². The molecule has 8 heteroatoms. The number of nitrogens with zero attached hydrogens (tertiary/aromatic N) is 3. The summed E-state index contributed by atoms with van der Waals surface area (Å²) in [7, 11) is -3.36. The highest BCUT2D eigenvalue weighted by Gasteiger charge is 2.39. The number of morpholine rings is 1. The Morgan fingerprint density at radius 1 is 1.36 bits per heavy atom. The van der Waals surface area contributed by atoms with E-state index in [0.717, 1.165) is 19.3 Å². The molecule has 1 saturated heterocycles. The van der Waals surface area contributed by atoms with Crippen LogP contribution in [0.15, 0.2) is 4.52 Å². The van der Waals surface area contributed by atoms with Crippen molar-refractivity contribution in [2.24, 2.45) is 11.8 Å². The molecule has 0 amide bonds. The van der Waals surface area contributed by atoms with E-state index in [2.05, 4.69) is 17.1 Å². The number of sulfonamides is 1. The van der Waals surface area contributed by atoms with Crippen molar-refractivity contribution in [3.8, 4) is 0 Å². The summed E-state index contributed by atoms with van der Waals surface area (Å²) in [5.41, 5.74) is 0. The molecule has 3 rings (SSSR count). The van der Waals surface area contributed by atoms with Crippen molar-refractivity contribution >= 4 is 10.0 Å². The number of ether oxygens (including phenoxy) is 1. The highest BCUT2D eigenvalue weighted by Crippen LogP contribution is 2.34. The number of hydrogen-bond acceptors (Lipinski definition) is 6. The monoisotopic (exact) mass is 329 g/mol. The van der Waals surface area contributed by atoms with Gasteiger partial charge in [-0.25, -0.2) is 8.42 Å². The highest BCUT2D eigenvalue weighted by molar-refractivity contribution is 7.89. The van der Waals surface area contributed by atoms with Gasteiger partial charge in [0.05, 0.1) is 19.0 Å². The molecule has 1 saturated carbocycles. The number of rotatable bonds is 4. The summed E-state index contributed by atoms with van der Waals surface area (Å²) in [6.45, 7) is 4.87. The second-order valence-corrected chi connectivity index (χ2v) is 8.29. The largest absolute Gasteiger partial charge is 0.378 e. The van der Waals surface area contributed by atoms with Crippen LogP contribution in [0.2, 0.25) is 0 Å². The van der Waals surface area contributed by atoms with Gasteiger partial charge >= 0.3 is 0 Å². The Kier molecular flexibility index (Phi) is 4.52. The molecule has 1 aliphatic carbocycles. The molecule has 1 aromatic rings. The first-order valence-electron chi connectivity index (χ1n) is 7.85. The fourth-order valence-electron chi connectivity index (χ4n) is 3.41. The van der Waals surface area contributed by atoms with Crippen molar-refractivity contribution in [1.29, 1.82) is 0 Å². The van der Waals surface area contributed by atoms with Gasteiger partial charge in [-0.2, -0.15) is 9.29 Å². The van der Waals surface area contributed by atoms with Crippen LogP contribution >= 0.6 is 0 Å². The van der Waals surface area contributed by atoms with E-state index in [-0.39, 0.29) is 18.3 Å². The van der Waals surface area contributed by atoms with Gasteiger partial charge in [0.2, 0.25) is 15.9 Å². The zero-order valence-corrected chi connectivity index (χ0v) is 13.9. The minimum atomic E-state index is -3.36. The first-order chi connectivity index (χ1) is 10.5. The summed E-state index contributed by atoms with van der Waals surface area (Å²) >= 11 is 0. The smallest absolute Gasteiger partial charge is 0.223 e. The first kappa shape index (κ1) is 15.9. The number of aryl methyl sites for hydroxylation is 1. The number of aromatic nitrogens is 2. The third-order valence-electron chi connectivity index (χ3n) is 4.74. The van der Waals surface area contributed by atoms with Crippen LogP contribution < -0.4 is 0 Å². The lowest BCUT2D eigenvalue weighted by atomic mass is 10.0. The Morgan fingerprint density at radius 3 is 2.82 bits per heavy atom. The molecule has 1 aliphatic heterocycles. The van der Waals surface area contributed by atoms with Crippen molar-refractivity contribution in [2.45, 2.75) is 39.2 Å². The topological polar surface area (TPSA) is 85.5 Å². The van der Waals surface area contributed by atoms with E-state index in [1.54, 1.807) is 6.92 Å². The molecular formula is C14H23N3O4S. The minimum Gasteiger partial charge on any atom is -0.378 e. The van der Waals surface area contributed by atoms with Crippen LogP contribution in [-0.2, 0) is 14.8 Å². The summed E-state index contributed by atoms with van der Waals surface area (Å²) in [5, 5.41) is 3.88. The van der Waals surface area contributed by atoms with Crippen LogP contribution in [-0.4, -0.2) is 48.4 Å². The molecule has 1 aromatic heterocycles. The Labute approximate surface area is 131 Å². The predicted molar refractivity (Wildman–Crippen MR) is 79.6 cm³/mol. The van der Waals surface area contributed by atoms with E-state index in [0.29, 0.717) is 30.8 Å². The molecule has 7 nitrogen and oxygen atoms in total. The van der Waals surface area contributed by atoms with E-state index in [4.69, 9.17) is 9.26 Å². The third-order valence-corrected chi connectivity index (χ3v) is 6.74. The maximum absolute atomic E-state index is 12.9. The lowest BCUT2D eigenvalue weighted by Crippen LogP contribution is -2.45. The molecule has 2 heterocycles. The van der Waals surface area contributed by atoms with Gasteiger partial charge in [-0.3, -0.25) is 0 Å². The molecule has 0 bridgehead atoms. The molecule has 22 heavy (non-hydrogen) atoms. The molecule has 0 radical (unpaired) electrons. The SMILES string of the molecule is Cc1nc(C2COCCN2S(=O)(=O)C[C@@H]2CCC[C@H]2C)no1. The quantitative estimate of drug-likeness (QED) is 0.832. The van der Waals surface area contributed by atoms with Crippen LogP contribution in [0.3, 0.4) is 0 Å². The average Bonchev–Trinajstić information content (AvgIpc) is 3.08. The van der Waals surface area contributed by atoms with Gasteiger partial charge in [-0.05, 0) is 18.3 Å². The lowest BCUT2D eigenvalue weighted by molar-refractivity contribution is 0.0280. The Hall–Kier alpha value is -0.990. The standard InChI is InChI=1S/C14H23N3O4S/c1-10-4-3-5-12(10)9-22(18,19)17-6-7-20-8-13(17)14-15-11(2)21-16-14/h10,12-13H,3-9H2,1-2H3/t10-,12+,13?/m1/s1. The fraction of sp³-hybridized carbons (Fsp3) is 0.857. The van der Waals surface area contributed by atoms with E-state index < -0.39 is 16.1 Å². The molecular weight excluding hydrogens is 306 g/mol. The summed E-state index contributed by atoms with van der Waals surface area (Å²) in [6, 6.07) is -0.479. The fourth-order valence-corrected chi connectivity index (χ4v) is 5.53. The molecule has 124 valence electrons. The maximum Gasteiger partial charge on any atom is 0.223 e. The van der Waals surface area contributed by atoms with Gasteiger partial charge in [-0.15, -0.1) is 0 Å². The molecule has 0 aromatic carbocycles. The Bertz CT molecular complexity index is 615. The Balaban J connectivity index is 1.80. The van der Waals surface area contributed by atoms with Gasteiger partial charge in [0.15, 0.2) is 5.82 Å². The minimum absolute atomic E-state index is 0.210. The zero-order valence-electron chi connectivity index (χ0n) is 13.1.